The number of hydrogen-bond acceptors (Lipinski definition) is 4. The van der Waals surface area contributed by atoms with E-state index in [-0.39, 0.29) is 6.42 Å². The highest BCUT2D eigenvalue weighted by molar-refractivity contribution is 7.14. The van der Waals surface area contributed by atoms with Crippen LogP contribution in [0.5, 0.6) is 0 Å². The van der Waals surface area contributed by atoms with Crippen molar-refractivity contribution in [3.8, 4) is 0 Å². The lowest BCUT2D eigenvalue weighted by atomic mass is 10.3. The van der Waals surface area contributed by atoms with Crippen molar-refractivity contribution < 1.29 is 14.7 Å². The fraction of sp³-hybridized carbons (Fsp3) is 0.444. The molecule has 0 aliphatic carbocycles. The molecule has 0 atom stereocenters. The van der Waals surface area contributed by atoms with Gasteiger partial charge in [0.15, 0.2) is 0 Å². The third-order valence-electron chi connectivity index (χ3n) is 1.90. The zero-order chi connectivity index (χ0) is 11.3. The Labute approximate surface area is 91.4 Å². The molecule has 1 aromatic heterocycles. The summed E-state index contributed by atoms with van der Waals surface area (Å²) in [6.07, 6.45) is 1.23. The van der Waals surface area contributed by atoms with Crippen molar-refractivity contribution in [2.24, 2.45) is 0 Å². The van der Waals surface area contributed by atoms with E-state index in [1.807, 2.05) is 6.92 Å². The first-order chi connectivity index (χ1) is 7.15. The molecule has 1 amide bonds. The van der Waals surface area contributed by atoms with Crippen LogP contribution in [0.2, 0.25) is 0 Å². The molecule has 1 heterocycles. The Morgan fingerprint density at radius 3 is 2.93 bits per heavy atom. The second-order valence-electron chi connectivity index (χ2n) is 3.04. The van der Waals surface area contributed by atoms with E-state index in [9.17, 15) is 9.59 Å². The first kappa shape index (κ1) is 11.6. The first-order valence-corrected chi connectivity index (χ1v) is 5.37. The molecule has 0 unspecified atom stereocenters. The molecule has 0 spiro atoms. The summed E-state index contributed by atoms with van der Waals surface area (Å²) in [4.78, 5) is 26.6. The molecular weight excluding hydrogens is 216 g/mol. The fourth-order valence-corrected chi connectivity index (χ4v) is 1.98. The highest BCUT2D eigenvalue weighted by atomic mass is 32.1. The van der Waals surface area contributed by atoms with Crippen molar-refractivity contribution in [3.63, 3.8) is 0 Å². The molecule has 1 aromatic rings. The zero-order valence-corrected chi connectivity index (χ0v) is 9.16. The van der Waals surface area contributed by atoms with Gasteiger partial charge >= 0.3 is 5.97 Å². The number of nitrogens with zero attached hydrogens (tertiary/aromatic N) is 2. The van der Waals surface area contributed by atoms with Gasteiger partial charge in [-0.3, -0.25) is 9.59 Å². The molecular formula is C9H12N2O3S. The van der Waals surface area contributed by atoms with E-state index in [0.29, 0.717) is 19.4 Å². The quantitative estimate of drug-likeness (QED) is 0.744. The lowest BCUT2D eigenvalue weighted by Crippen LogP contribution is -2.22. The van der Waals surface area contributed by atoms with Crippen molar-refractivity contribution in [3.05, 3.63) is 11.2 Å². The Balaban J connectivity index is 2.53. The predicted octanol–water partition coefficient (Wildman–Crippen LogP) is 1.28. The van der Waals surface area contributed by atoms with Gasteiger partial charge in [-0.05, 0) is 13.3 Å². The minimum absolute atomic E-state index is 0.0716. The minimum atomic E-state index is -0.845. The van der Waals surface area contributed by atoms with E-state index >= 15 is 0 Å². The number of carbonyl (C=O) groups excluding carboxylic acids is 1. The van der Waals surface area contributed by atoms with Gasteiger partial charge in [-0.2, -0.15) is 0 Å². The van der Waals surface area contributed by atoms with Crippen LogP contribution in [0.3, 0.4) is 0 Å². The van der Waals surface area contributed by atoms with E-state index in [1.54, 1.807) is 5.51 Å². The van der Waals surface area contributed by atoms with Crippen LogP contribution in [-0.2, 0) is 9.59 Å². The number of aliphatic carboxylic acids is 1. The Kier molecular flexibility index (Phi) is 4.23. The van der Waals surface area contributed by atoms with Crippen molar-refractivity contribution in [1.82, 2.24) is 4.98 Å². The summed E-state index contributed by atoms with van der Waals surface area (Å²) < 4.78 is 0. The second-order valence-corrected chi connectivity index (χ2v) is 3.87. The molecule has 5 nitrogen and oxygen atoms in total. The molecule has 0 bridgehead atoms. The summed E-state index contributed by atoms with van der Waals surface area (Å²) in [5.41, 5.74) is 2.46. The summed E-state index contributed by atoms with van der Waals surface area (Å²) >= 11 is 1.38. The maximum Gasteiger partial charge on any atom is 0.303 e. The largest absolute Gasteiger partial charge is 0.481 e. The highest BCUT2D eigenvalue weighted by Gasteiger charge is 2.10. The maximum atomic E-state index is 10.8. The number of rotatable bonds is 6. The molecule has 1 N–H and O–H groups in total. The second kappa shape index (κ2) is 5.45. The van der Waals surface area contributed by atoms with Crippen LogP contribution in [0, 0.1) is 6.92 Å². The van der Waals surface area contributed by atoms with Gasteiger partial charge in [0.2, 0.25) is 6.41 Å². The smallest absolute Gasteiger partial charge is 0.303 e. The monoisotopic (exact) mass is 228 g/mol. The van der Waals surface area contributed by atoms with Gasteiger partial charge in [-0.1, -0.05) is 0 Å². The number of carboxylic acids is 1. The number of thiazole rings is 1. The van der Waals surface area contributed by atoms with E-state index in [4.69, 9.17) is 5.11 Å². The lowest BCUT2D eigenvalue weighted by molar-refractivity contribution is -0.137. The molecule has 0 saturated carbocycles. The first-order valence-electron chi connectivity index (χ1n) is 4.49. The van der Waals surface area contributed by atoms with Crippen molar-refractivity contribution >= 4 is 28.7 Å². The summed E-state index contributed by atoms with van der Waals surface area (Å²) in [5.74, 6) is -0.845. The number of anilines is 1. The van der Waals surface area contributed by atoms with Crippen LogP contribution in [0.4, 0.5) is 5.00 Å². The fourth-order valence-electron chi connectivity index (χ4n) is 1.17. The average Bonchev–Trinajstić information content (AvgIpc) is 2.59. The standard InChI is InChI=1S/C9H12N2O3S/c1-7-9(15-5-10-7)11(6-12)4-2-3-8(13)14/h5-6H,2-4H2,1H3,(H,13,14). The summed E-state index contributed by atoms with van der Waals surface area (Å²) in [7, 11) is 0. The molecule has 0 aliphatic rings. The number of aryl methyl sites for hydroxylation is 1. The van der Waals surface area contributed by atoms with E-state index in [1.165, 1.54) is 16.2 Å². The normalized spacial score (nSPS) is 9.93. The van der Waals surface area contributed by atoms with E-state index in [0.717, 1.165) is 10.7 Å². The minimum Gasteiger partial charge on any atom is -0.481 e. The number of carbonyl (C=O) groups is 2. The van der Waals surface area contributed by atoms with Crippen LogP contribution in [0.1, 0.15) is 18.5 Å². The molecule has 15 heavy (non-hydrogen) atoms. The predicted molar refractivity (Wildman–Crippen MR) is 57.1 cm³/mol. The molecule has 0 saturated heterocycles. The Morgan fingerprint density at radius 1 is 1.73 bits per heavy atom. The summed E-state index contributed by atoms with van der Waals surface area (Å²) in [6.45, 7) is 2.23. The summed E-state index contributed by atoms with van der Waals surface area (Å²) in [5, 5.41) is 9.26. The number of amides is 1. The molecule has 6 heteroatoms. The van der Waals surface area contributed by atoms with Crippen molar-refractivity contribution in [2.45, 2.75) is 19.8 Å². The Morgan fingerprint density at radius 2 is 2.47 bits per heavy atom. The Bertz CT molecular complexity index is 351. The third kappa shape index (κ3) is 3.32. The van der Waals surface area contributed by atoms with Crippen LogP contribution in [0.15, 0.2) is 5.51 Å². The van der Waals surface area contributed by atoms with Gasteiger partial charge in [0.1, 0.15) is 5.00 Å². The van der Waals surface area contributed by atoms with Crippen LogP contribution < -0.4 is 4.90 Å². The number of hydrogen-bond donors (Lipinski definition) is 1. The van der Waals surface area contributed by atoms with Gasteiger partial charge in [0, 0.05) is 13.0 Å². The van der Waals surface area contributed by atoms with Crippen molar-refractivity contribution in [2.75, 3.05) is 11.4 Å². The van der Waals surface area contributed by atoms with Crippen molar-refractivity contribution in [1.29, 1.82) is 0 Å². The molecule has 82 valence electrons. The SMILES string of the molecule is Cc1ncsc1N(C=O)CCCC(=O)O. The zero-order valence-electron chi connectivity index (χ0n) is 8.34. The third-order valence-corrected chi connectivity index (χ3v) is 2.86. The lowest BCUT2D eigenvalue weighted by Gasteiger charge is -2.14. The molecule has 0 aromatic carbocycles. The highest BCUT2D eigenvalue weighted by Crippen LogP contribution is 2.23. The molecule has 0 fully saturated rings. The molecule has 0 radical (unpaired) electrons. The van der Waals surface area contributed by atoms with Gasteiger partial charge < -0.3 is 10.0 Å². The van der Waals surface area contributed by atoms with E-state index < -0.39 is 5.97 Å². The average molecular weight is 228 g/mol. The Hall–Kier alpha value is -1.43. The molecule has 1 rings (SSSR count). The molecule has 0 aliphatic heterocycles. The summed E-state index contributed by atoms with van der Waals surface area (Å²) in [6, 6.07) is 0. The van der Waals surface area contributed by atoms with E-state index in [2.05, 4.69) is 4.98 Å². The van der Waals surface area contributed by atoms with Gasteiger partial charge in [0.05, 0.1) is 11.2 Å². The maximum absolute atomic E-state index is 10.8. The van der Waals surface area contributed by atoms with Crippen LogP contribution >= 0.6 is 11.3 Å². The van der Waals surface area contributed by atoms with Gasteiger partial charge in [-0.15, -0.1) is 11.3 Å². The van der Waals surface area contributed by atoms with Crippen LogP contribution in [-0.4, -0.2) is 29.0 Å². The topological polar surface area (TPSA) is 70.5 Å². The number of carboxylic acid groups (broad SMARTS) is 1. The van der Waals surface area contributed by atoms with Gasteiger partial charge in [0.25, 0.3) is 0 Å². The van der Waals surface area contributed by atoms with Crippen LogP contribution in [0.25, 0.3) is 0 Å². The number of aromatic nitrogens is 1. The van der Waals surface area contributed by atoms with Gasteiger partial charge in [-0.25, -0.2) is 4.98 Å².